The van der Waals surface area contributed by atoms with Crippen molar-refractivity contribution in [1.29, 1.82) is 0 Å². The molecule has 88 valence electrons. The number of hydrogen-bond acceptors (Lipinski definition) is 1. The maximum atomic E-state index is 13.6. The summed E-state index contributed by atoms with van der Waals surface area (Å²) in [6.45, 7) is 0.652. The van der Waals surface area contributed by atoms with E-state index in [1.807, 2.05) is 10.6 Å². The zero-order valence-electron chi connectivity index (χ0n) is 9.19. The highest BCUT2D eigenvalue weighted by atomic mass is 19.1. The summed E-state index contributed by atoms with van der Waals surface area (Å²) in [4.78, 5) is 11.0. The molecule has 3 nitrogen and oxygen atoms in total. The highest BCUT2D eigenvalue weighted by molar-refractivity contribution is 5.82. The van der Waals surface area contributed by atoms with Gasteiger partial charge in [0.2, 0.25) is 0 Å². The summed E-state index contributed by atoms with van der Waals surface area (Å²) in [7, 11) is 0. The fraction of sp³-hybridized carbons (Fsp3) is 0.308. The van der Waals surface area contributed by atoms with E-state index in [9.17, 15) is 9.18 Å². The van der Waals surface area contributed by atoms with Gasteiger partial charge in [0, 0.05) is 24.0 Å². The lowest BCUT2D eigenvalue weighted by Crippen LogP contribution is -2.24. The number of hydrogen-bond donors (Lipinski definition) is 1. The molecule has 1 N–H and O–H groups in total. The van der Waals surface area contributed by atoms with Crippen molar-refractivity contribution < 1.29 is 14.3 Å². The predicted octanol–water partition coefficient (Wildman–Crippen LogP) is 2.43. The zero-order chi connectivity index (χ0) is 12.0. The number of carboxylic acids is 1. The molecule has 1 aliphatic heterocycles. The zero-order valence-corrected chi connectivity index (χ0v) is 9.19. The molecule has 17 heavy (non-hydrogen) atoms. The van der Waals surface area contributed by atoms with E-state index in [2.05, 4.69) is 0 Å². The minimum Gasteiger partial charge on any atom is -0.481 e. The van der Waals surface area contributed by atoms with Gasteiger partial charge in [0.05, 0.1) is 11.4 Å². The number of carbonyl (C=O) groups is 1. The van der Waals surface area contributed by atoms with Crippen molar-refractivity contribution in [1.82, 2.24) is 4.57 Å². The van der Waals surface area contributed by atoms with Gasteiger partial charge in [0.1, 0.15) is 5.82 Å². The van der Waals surface area contributed by atoms with Crippen LogP contribution >= 0.6 is 0 Å². The second-order valence-corrected chi connectivity index (χ2v) is 4.49. The Labute approximate surface area is 97.5 Å². The molecule has 2 heterocycles. The molecule has 2 aromatic rings. The first-order chi connectivity index (χ1) is 8.16. The topological polar surface area (TPSA) is 42.2 Å². The third-order valence-corrected chi connectivity index (χ3v) is 3.48. The molecule has 1 unspecified atom stereocenters. The molecule has 0 amide bonds. The minimum absolute atomic E-state index is 0.240. The number of rotatable bonds is 1. The fourth-order valence-corrected chi connectivity index (χ4v) is 2.59. The number of aryl methyl sites for hydroxylation is 1. The van der Waals surface area contributed by atoms with Gasteiger partial charge >= 0.3 is 5.97 Å². The Morgan fingerprint density at radius 3 is 3.06 bits per heavy atom. The number of carboxylic acid groups (broad SMARTS) is 1. The summed E-state index contributed by atoms with van der Waals surface area (Å²) >= 11 is 0. The van der Waals surface area contributed by atoms with Crippen molar-refractivity contribution >= 4 is 16.9 Å². The van der Waals surface area contributed by atoms with Crippen LogP contribution in [-0.4, -0.2) is 15.6 Å². The Kier molecular flexibility index (Phi) is 2.18. The average Bonchev–Trinajstić information content (AvgIpc) is 2.68. The number of nitrogens with zero attached hydrogens (tertiary/aromatic N) is 1. The molecule has 1 atom stereocenters. The van der Waals surface area contributed by atoms with Crippen LogP contribution in [-0.2, 0) is 17.8 Å². The largest absolute Gasteiger partial charge is 0.481 e. The maximum Gasteiger partial charge on any atom is 0.306 e. The molecule has 0 saturated carbocycles. The quantitative estimate of drug-likeness (QED) is 0.822. The van der Waals surface area contributed by atoms with Crippen molar-refractivity contribution in [2.75, 3.05) is 0 Å². The molecule has 1 aromatic carbocycles. The standard InChI is InChI=1S/C13H12FNO2/c14-11-2-1-3-12-10(11)7-9-6-8(13(16)17)4-5-15(9)12/h1-3,7-8H,4-6H2,(H,16,17). The first-order valence-electron chi connectivity index (χ1n) is 5.66. The second kappa shape index (κ2) is 3.58. The lowest BCUT2D eigenvalue weighted by Gasteiger charge is -2.21. The Bertz CT molecular complexity index is 603. The Morgan fingerprint density at radius 2 is 2.29 bits per heavy atom. The number of halogens is 1. The van der Waals surface area contributed by atoms with E-state index in [0.29, 0.717) is 24.8 Å². The van der Waals surface area contributed by atoms with E-state index >= 15 is 0 Å². The highest BCUT2D eigenvalue weighted by Crippen LogP contribution is 2.29. The van der Waals surface area contributed by atoms with Gasteiger partial charge in [-0.25, -0.2) is 4.39 Å². The molecule has 0 spiro atoms. The van der Waals surface area contributed by atoms with Gasteiger partial charge in [-0.05, 0) is 24.6 Å². The van der Waals surface area contributed by atoms with Gasteiger partial charge in [-0.15, -0.1) is 0 Å². The smallest absolute Gasteiger partial charge is 0.306 e. The monoisotopic (exact) mass is 233 g/mol. The van der Waals surface area contributed by atoms with E-state index in [-0.39, 0.29) is 11.7 Å². The van der Waals surface area contributed by atoms with E-state index in [4.69, 9.17) is 5.11 Å². The highest BCUT2D eigenvalue weighted by Gasteiger charge is 2.25. The van der Waals surface area contributed by atoms with E-state index in [1.165, 1.54) is 6.07 Å². The molecule has 0 aliphatic carbocycles. The van der Waals surface area contributed by atoms with Crippen LogP contribution in [0.1, 0.15) is 12.1 Å². The van der Waals surface area contributed by atoms with Crippen LogP contribution in [0.4, 0.5) is 4.39 Å². The van der Waals surface area contributed by atoms with E-state index < -0.39 is 5.97 Å². The van der Waals surface area contributed by atoms with E-state index in [1.54, 1.807) is 12.1 Å². The molecule has 1 aromatic heterocycles. The summed E-state index contributed by atoms with van der Waals surface area (Å²) in [6, 6.07) is 6.78. The van der Waals surface area contributed by atoms with Gasteiger partial charge in [-0.1, -0.05) is 6.07 Å². The summed E-state index contributed by atoms with van der Waals surface area (Å²) in [5.74, 6) is -1.34. The Hall–Kier alpha value is -1.84. The lowest BCUT2D eigenvalue weighted by atomic mass is 9.96. The van der Waals surface area contributed by atoms with Gasteiger partial charge < -0.3 is 9.67 Å². The SMILES string of the molecule is O=C(O)C1CCn2c(cc3c(F)cccc32)C1. The summed E-state index contributed by atoms with van der Waals surface area (Å²) < 4.78 is 15.6. The number of aromatic nitrogens is 1. The normalized spacial score (nSPS) is 19.2. The van der Waals surface area contributed by atoms with Gasteiger partial charge in [0.15, 0.2) is 0 Å². The first kappa shape index (κ1) is 10.3. The third-order valence-electron chi connectivity index (χ3n) is 3.48. The first-order valence-corrected chi connectivity index (χ1v) is 5.66. The molecule has 3 rings (SSSR count). The van der Waals surface area contributed by atoms with Crippen LogP contribution in [0, 0.1) is 11.7 Å². The Morgan fingerprint density at radius 1 is 1.47 bits per heavy atom. The molecule has 0 saturated heterocycles. The Balaban J connectivity index is 2.13. The molecule has 0 radical (unpaired) electrons. The van der Waals surface area contributed by atoms with Crippen LogP contribution in [0.15, 0.2) is 24.3 Å². The predicted molar refractivity (Wildman–Crippen MR) is 61.3 cm³/mol. The number of fused-ring (bicyclic) bond motifs is 3. The maximum absolute atomic E-state index is 13.6. The van der Waals surface area contributed by atoms with Gasteiger partial charge in [-0.3, -0.25) is 4.79 Å². The fourth-order valence-electron chi connectivity index (χ4n) is 2.59. The van der Waals surface area contributed by atoms with Crippen LogP contribution in [0.2, 0.25) is 0 Å². The second-order valence-electron chi connectivity index (χ2n) is 4.49. The summed E-state index contributed by atoms with van der Waals surface area (Å²) in [5.41, 5.74) is 1.78. The third kappa shape index (κ3) is 1.52. The van der Waals surface area contributed by atoms with E-state index in [0.717, 1.165) is 11.2 Å². The van der Waals surface area contributed by atoms with Crippen molar-refractivity contribution in [3.63, 3.8) is 0 Å². The van der Waals surface area contributed by atoms with Crippen molar-refractivity contribution in [2.24, 2.45) is 5.92 Å². The molecule has 0 fully saturated rings. The van der Waals surface area contributed by atoms with Crippen molar-refractivity contribution in [3.05, 3.63) is 35.8 Å². The summed E-state index contributed by atoms with van der Waals surface area (Å²) in [6.07, 6.45) is 1.10. The lowest BCUT2D eigenvalue weighted by molar-refractivity contribution is -0.142. The van der Waals surface area contributed by atoms with Crippen LogP contribution in [0.25, 0.3) is 10.9 Å². The molecular weight excluding hydrogens is 221 g/mol. The molecular formula is C13H12FNO2. The average molecular weight is 233 g/mol. The molecule has 0 bridgehead atoms. The number of aliphatic carboxylic acids is 1. The van der Waals surface area contributed by atoms with Gasteiger partial charge in [0.25, 0.3) is 0 Å². The van der Waals surface area contributed by atoms with Gasteiger partial charge in [-0.2, -0.15) is 0 Å². The van der Waals surface area contributed by atoms with Crippen LogP contribution < -0.4 is 0 Å². The minimum atomic E-state index is -0.762. The van der Waals surface area contributed by atoms with Crippen LogP contribution in [0.3, 0.4) is 0 Å². The number of benzene rings is 1. The molecule has 4 heteroatoms. The van der Waals surface area contributed by atoms with Crippen molar-refractivity contribution in [3.8, 4) is 0 Å². The van der Waals surface area contributed by atoms with Crippen LogP contribution in [0.5, 0.6) is 0 Å². The molecule has 1 aliphatic rings. The van der Waals surface area contributed by atoms with Crippen molar-refractivity contribution in [2.45, 2.75) is 19.4 Å². The summed E-state index contributed by atoms with van der Waals surface area (Å²) in [5, 5.41) is 9.60.